The maximum atomic E-state index is 5.93. The molecule has 2 aromatic carbocycles. The van der Waals surface area contributed by atoms with Crippen molar-refractivity contribution in [3.63, 3.8) is 0 Å². The molecule has 3 aromatic rings. The Morgan fingerprint density at radius 3 is 1.81 bits per heavy atom. The van der Waals surface area contributed by atoms with Crippen molar-refractivity contribution in [2.45, 2.75) is 110 Å². The lowest BCUT2D eigenvalue weighted by molar-refractivity contribution is 0.304. The highest BCUT2D eigenvalue weighted by Crippen LogP contribution is 2.33. The molecule has 0 N–H and O–H groups in total. The van der Waals surface area contributed by atoms with Crippen molar-refractivity contribution in [2.24, 2.45) is 0 Å². The van der Waals surface area contributed by atoms with E-state index in [-0.39, 0.29) is 0 Å². The van der Waals surface area contributed by atoms with E-state index in [0.717, 1.165) is 29.3 Å². The van der Waals surface area contributed by atoms with Crippen LogP contribution < -0.4 is 4.74 Å². The molecule has 196 valence electrons. The summed E-state index contributed by atoms with van der Waals surface area (Å²) in [5.41, 5.74) is 3.87. The summed E-state index contributed by atoms with van der Waals surface area (Å²) in [7, 11) is 0. The highest BCUT2D eigenvalue weighted by molar-refractivity contribution is 7.18. The van der Waals surface area contributed by atoms with Crippen molar-refractivity contribution in [3.05, 3.63) is 60.3 Å². The van der Waals surface area contributed by atoms with Crippen LogP contribution in [-0.4, -0.2) is 11.6 Å². The Bertz CT molecular complexity index is 945. The lowest BCUT2D eigenvalue weighted by Gasteiger charge is -2.06. The van der Waals surface area contributed by atoms with Gasteiger partial charge in [0.1, 0.15) is 10.8 Å². The van der Waals surface area contributed by atoms with E-state index in [1.54, 1.807) is 11.3 Å². The van der Waals surface area contributed by atoms with Crippen LogP contribution in [0.4, 0.5) is 0 Å². The Labute approximate surface area is 224 Å². The quantitative estimate of drug-likeness (QED) is 0.151. The third-order valence-corrected chi connectivity index (χ3v) is 8.03. The average Bonchev–Trinajstić information content (AvgIpc) is 3.41. The summed E-state index contributed by atoms with van der Waals surface area (Å²) in [5, 5.41) is 1.07. The third kappa shape index (κ3) is 10.5. The van der Waals surface area contributed by atoms with E-state index < -0.39 is 0 Å². The number of hydrogen-bond donors (Lipinski definition) is 0. The molecule has 1 heterocycles. The Morgan fingerprint density at radius 1 is 0.611 bits per heavy atom. The van der Waals surface area contributed by atoms with Gasteiger partial charge in [0.05, 0.1) is 11.5 Å². The average molecular weight is 506 g/mol. The van der Waals surface area contributed by atoms with E-state index in [9.17, 15) is 0 Å². The highest BCUT2D eigenvalue weighted by atomic mass is 32.1. The molecule has 0 saturated heterocycles. The SMILES string of the molecule is CCCCCCCCCCc1ccc(-c2cnc(-c3ccc(OCCCCCCCC)cc3)s2)cc1. The number of rotatable bonds is 19. The van der Waals surface area contributed by atoms with Crippen LogP contribution in [0, 0.1) is 0 Å². The minimum absolute atomic E-state index is 0.807. The molecule has 0 fully saturated rings. The van der Waals surface area contributed by atoms with Crippen LogP contribution in [0.15, 0.2) is 54.7 Å². The van der Waals surface area contributed by atoms with Crippen LogP contribution in [0.25, 0.3) is 21.0 Å². The molecule has 0 saturated carbocycles. The number of nitrogens with zero attached hydrogens (tertiary/aromatic N) is 1. The third-order valence-electron chi connectivity index (χ3n) is 6.93. The number of thiazole rings is 1. The topological polar surface area (TPSA) is 22.1 Å². The van der Waals surface area contributed by atoms with Crippen LogP contribution in [0.3, 0.4) is 0 Å². The van der Waals surface area contributed by atoms with Crippen molar-refractivity contribution in [1.29, 1.82) is 0 Å². The Hall–Kier alpha value is -2.13. The number of ether oxygens (including phenoxy) is 1. The summed E-state index contributed by atoms with van der Waals surface area (Å²) in [5.74, 6) is 0.955. The monoisotopic (exact) mass is 505 g/mol. The molecule has 0 aliphatic carbocycles. The molecule has 0 radical (unpaired) electrons. The minimum atomic E-state index is 0.807. The molecule has 3 heteroatoms. The lowest BCUT2D eigenvalue weighted by Crippen LogP contribution is -1.97. The first-order valence-corrected chi connectivity index (χ1v) is 15.4. The summed E-state index contributed by atoms with van der Waals surface area (Å²) in [6, 6.07) is 17.5. The second-order valence-electron chi connectivity index (χ2n) is 10.1. The van der Waals surface area contributed by atoms with Gasteiger partial charge in [-0.15, -0.1) is 11.3 Å². The molecule has 3 rings (SSSR count). The van der Waals surface area contributed by atoms with Gasteiger partial charge in [0.15, 0.2) is 0 Å². The Kier molecular flexibility index (Phi) is 13.7. The van der Waals surface area contributed by atoms with Gasteiger partial charge in [0.2, 0.25) is 0 Å². The maximum Gasteiger partial charge on any atom is 0.123 e. The van der Waals surface area contributed by atoms with E-state index in [4.69, 9.17) is 9.72 Å². The van der Waals surface area contributed by atoms with Gasteiger partial charge >= 0.3 is 0 Å². The zero-order valence-corrected chi connectivity index (χ0v) is 23.6. The summed E-state index contributed by atoms with van der Waals surface area (Å²) in [6.07, 6.45) is 21.9. The minimum Gasteiger partial charge on any atom is -0.494 e. The molecule has 1 aromatic heterocycles. The second kappa shape index (κ2) is 17.3. The van der Waals surface area contributed by atoms with Crippen LogP contribution in [-0.2, 0) is 6.42 Å². The van der Waals surface area contributed by atoms with Crippen molar-refractivity contribution in [2.75, 3.05) is 6.61 Å². The summed E-state index contributed by atoms with van der Waals surface area (Å²) >= 11 is 1.76. The second-order valence-corrected chi connectivity index (χ2v) is 11.1. The molecule has 0 bridgehead atoms. The van der Waals surface area contributed by atoms with E-state index in [0.29, 0.717) is 0 Å². The lowest BCUT2D eigenvalue weighted by atomic mass is 10.0. The van der Waals surface area contributed by atoms with Crippen LogP contribution in [0.1, 0.15) is 109 Å². The number of unbranched alkanes of at least 4 members (excludes halogenated alkanes) is 12. The number of aromatic nitrogens is 1. The fourth-order valence-electron chi connectivity index (χ4n) is 4.61. The maximum absolute atomic E-state index is 5.93. The predicted molar refractivity (Wildman–Crippen MR) is 158 cm³/mol. The van der Waals surface area contributed by atoms with Gasteiger partial charge in [-0.25, -0.2) is 4.98 Å². The number of aryl methyl sites for hydroxylation is 1. The molecule has 0 aliphatic heterocycles. The molecular formula is C33H47NOS. The number of benzene rings is 2. The molecule has 0 unspecified atom stereocenters. The van der Waals surface area contributed by atoms with Gasteiger partial charge in [-0.05, 0) is 54.7 Å². The standard InChI is InChI=1S/C33H47NOS/c1-3-5-7-9-11-12-13-15-17-28-18-20-29(21-19-28)32-27-34-33(36-32)30-22-24-31(25-23-30)35-26-16-14-10-8-6-4-2/h18-25,27H,3-17,26H2,1-2H3. The first-order chi connectivity index (χ1) is 17.8. The Balaban J connectivity index is 1.39. The van der Waals surface area contributed by atoms with Gasteiger partial charge in [-0.2, -0.15) is 0 Å². The van der Waals surface area contributed by atoms with E-state index in [1.807, 2.05) is 6.20 Å². The molecular weight excluding hydrogens is 458 g/mol. The van der Waals surface area contributed by atoms with E-state index >= 15 is 0 Å². The molecule has 36 heavy (non-hydrogen) atoms. The first kappa shape index (κ1) is 28.4. The fraction of sp³-hybridized carbons (Fsp3) is 0.545. The molecule has 0 aliphatic rings. The van der Waals surface area contributed by atoms with Crippen LogP contribution in [0.2, 0.25) is 0 Å². The molecule has 0 amide bonds. The summed E-state index contributed by atoms with van der Waals surface area (Å²) in [6.45, 7) is 5.35. The van der Waals surface area contributed by atoms with Gasteiger partial charge in [0, 0.05) is 11.8 Å². The number of hydrogen-bond acceptors (Lipinski definition) is 3. The van der Waals surface area contributed by atoms with Crippen molar-refractivity contribution >= 4 is 11.3 Å². The van der Waals surface area contributed by atoms with Gasteiger partial charge in [-0.3, -0.25) is 0 Å². The van der Waals surface area contributed by atoms with Crippen LogP contribution >= 0.6 is 11.3 Å². The highest BCUT2D eigenvalue weighted by Gasteiger charge is 2.07. The molecule has 0 spiro atoms. The Morgan fingerprint density at radius 2 is 1.17 bits per heavy atom. The van der Waals surface area contributed by atoms with Crippen molar-refractivity contribution in [3.8, 4) is 26.8 Å². The first-order valence-electron chi connectivity index (χ1n) is 14.6. The zero-order chi connectivity index (χ0) is 25.3. The summed E-state index contributed by atoms with van der Waals surface area (Å²) < 4.78 is 5.93. The van der Waals surface area contributed by atoms with E-state index in [2.05, 4.69) is 62.4 Å². The van der Waals surface area contributed by atoms with Crippen molar-refractivity contribution in [1.82, 2.24) is 4.98 Å². The largest absolute Gasteiger partial charge is 0.494 e. The van der Waals surface area contributed by atoms with Crippen molar-refractivity contribution < 1.29 is 4.74 Å². The fourth-order valence-corrected chi connectivity index (χ4v) is 5.53. The predicted octanol–water partition coefficient (Wildman–Crippen LogP) is 10.9. The molecule has 2 nitrogen and oxygen atoms in total. The zero-order valence-electron chi connectivity index (χ0n) is 22.8. The summed E-state index contributed by atoms with van der Waals surface area (Å²) in [4.78, 5) is 5.93. The smallest absolute Gasteiger partial charge is 0.123 e. The van der Waals surface area contributed by atoms with Gasteiger partial charge in [0.25, 0.3) is 0 Å². The van der Waals surface area contributed by atoms with Crippen LogP contribution in [0.5, 0.6) is 5.75 Å². The van der Waals surface area contributed by atoms with Gasteiger partial charge in [-0.1, -0.05) is 115 Å². The van der Waals surface area contributed by atoms with Gasteiger partial charge < -0.3 is 4.74 Å². The molecule has 0 atom stereocenters. The van der Waals surface area contributed by atoms with E-state index in [1.165, 1.54) is 106 Å². The normalized spacial score (nSPS) is 11.2.